The van der Waals surface area contributed by atoms with Gasteiger partial charge in [-0.25, -0.2) is 8.42 Å². The van der Waals surface area contributed by atoms with E-state index in [1.807, 2.05) is 13.8 Å². The van der Waals surface area contributed by atoms with Gasteiger partial charge in [-0.05, 0) is 37.7 Å². The Balaban J connectivity index is 2.10. The maximum Gasteiger partial charge on any atom is 0.261 e. The molecule has 1 aromatic heterocycles. The van der Waals surface area contributed by atoms with E-state index in [1.165, 1.54) is 6.07 Å². The quantitative estimate of drug-likeness (QED) is 0.802. The maximum absolute atomic E-state index is 12.5. The van der Waals surface area contributed by atoms with Crippen LogP contribution < -0.4 is 10.6 Å². The SMILES string of the molecule is CCN[C@H](C)CNC(=O)c1ccc(S(=O)(=O)c2ccccc2)s1. The minimum atomic E-state index is -3.57. The summed E-state index contributed by atoms with van der Waals surface area (Å²) in [4.78, 5) is 12.7. The van der Waals surface area contributed by atoms with Crippen LogP contribution in [-0.2, 0) is 9.84 Å². The summed E-state index contributed by atoms with van der Waals surface area (Å²) in [6, 6.07) is 11.4. The van der Waals surface area contributed by atoms with Gasteiger partial charge in [0.15, 0.2) is 0 Å². The van der Waals surface area contributed by atoms with E-state index in [2.05, 4.69) is 10.6 Å². The summed E-state index contributed by atoms with van der Waals surface area (Å²) in [6.07, 6.45) is 0. The molecule has 2 N–H and O–H groups in total. The molecular weight excluding hydrogens is 332 g/mol. The normalized spacial score (nSPS) is 12.8. The largest absolute Gasteiger partial charge is 0.350 e. The lowest BCUT2D eigenvalue weighted by Gasteiger charge is -2.12. The molecule has 7 heteroatoms. The van der Waals surface area contributed by atoms with Crippen LogP contribution in [0.25, 0.3) is 0 Å². The Kier molecular flexibility index (Phi) is 5.92. The standard InChI is InChI=1S/C16H20N2O3S2/c1-3-17-12(2)11-18-16(19)14-9-10-15(22-14)23(20,21)13-7-5-4-6-8-13/h4-10,12,17H,3,11H2,1-2H3,(H,18,19)/t12-/m1/s1. The van der Waals surface area contributed by atoms with E-state index < -0.39 is 9.84 Å². The van der Waals surface area contributed by atoms with Crippen LogP contribution in [0.15, 0.2) is 51.6 Å². The third-order valence-corrected chi connectivity index (χ3v) is 6.59. The molecule has 0 bridgehead atoms. The van der Waals surface area contributed by atoms with Crippen LogP contribution in [0.3, 0.4) is 0 Å². The summed E-state index contributed by atoms with van der Waals surface area (Å²) >= 11 is 0.987. The Labute approximate surface area is 140 Å². The number of carbonyl (C=O) groups excluding carboxylic acids is 1. The van der Waals surface area contributed by atoms with E-state index in [1.54, 1.807) is 36.4 Å². The van der Waals surface area contributed by atoms with Crippen molar-refractivity contribution in [2.24, 2.45) is 0 Å². The highest BCUT2D eigenvalue weighted by Gasteiger charge is 2.21. The lowest BCUT2D eigenvalue weighted by Crippen LogP contribution is -2.38. The molecule has 0 spiro atoms. The Morgan fingerprint density at radius 2 is 1.87 bits per heavy atom. The van der Waals surface area contributed by atoms with Gasteiger partial charge < -0.3 is 10.6 Å². The number of nitrogens with one attached hydrogen (secondary N) is 2. The highest BCUT2D eigenvalue weighted by atomic mass is 32.2. The van der Waals surface area contributed by atoms with Crippen molar-refractivity contribution in [1.82, 2.24) is 10.6 Å². The maximum atomic E-state index is 12.5. The number of rotatable bonds is 7. The van der Waals surface area contributed by atoms with Crippen molar-refractivity contribution in [3.63, 3.8) is 0 Å². The van der Waals surface area contributed by atoms with Gasteiger partial charge >= 0.3 is 0 Å². The molecule has 0 aliphatic rings. The highest BCUT2D eigenvalue weighted by Crippen LogP contribution is 2.27. The summed E-state index contributed by atoms with van der Waals surface area (Å²) in [6.45, 7) is 5.29. The Hall–Kier alpha value is -1.70. The molecule has 0 aliphatic heterocycles. The molecule has 0 fully saturated rings. The minimum absolute atomic E-state index is 0.163. The van der Waals surface area contributed by atoms with E-state index in [9.17, 15) is 13.2 Å². The second kappa shape index (κ2) is 7.72. The minimum Gasteiger partial charge on any atom is -0.350 e. The van der Waals surface area contributed by atoms with Gasteiger partial charge in [0.2, 0.25) is 9.84 Å². The Morgan fingerprint density at radius 1 is 1.17 bits per heavy atom. The van der Waals surface area contributed by atoms with Gasteiger partial charge in [0.05, 0.1) is 9.77 Å². The molecule has 2 rings (SSSR count). The van der Waals surface area contributed by atoms with E-state index in [0.717, 1.165) is 17.9 Å². The molecule has 1 atom stereocenters. The van der Waals surface area contributed by atoms with Crippen molar-refractivity contribution in [2.45, 2.75) is 29.0 Å². The zero-order valence-electron chi connectivity index (χ0n) is 13.1. The molecule has 0 unspecified atom stereocenters. The third kappa shape index (κ3) is 4.40. The fraction of sp³-hybridized carbons (Fsp3) is 0.312. The van der Waals surface area contributed by atoms with Crippen molar-refractivity contribution < 1.29 is 13.2 Å². The second-order valence-corrected chi connectivity index (χ2v) is 8.36. The number of sulfone groups is 1. The number of carbonyl (C=O) groups is 1. The molecule has 1 aromatic carbocycles. The monoisotopic (exact) mass is 352 g/mol. The third-order valence-electron chi connectivity index (χ3n) is 3.24. The summed E-state index contributed by atoms with van der Waals surface area (Å²) < 4.78 is 25.2. The topological polar surface area (TPSA) is 75.3 Å². The van der Waals surface area contributed by atoms with Crippen LogP contribution in [0.2, 0.25) is 0 Å². The average Bonchev–Trinajstić information content (AvgIpc) is 3.04. The average molecular weight is 352 g/mol. The van der Waals surface area contributed by atoms with Gasteiger partial charge in [0.1, 0.15) is 4.21 Å². The number of likely N-dealkylation sites (N-methyl/N-ethyl adjacent to an activating group) is 1. The van der Waals surface area contributed by atoms with Gasteiger partial charge in [-0.15, -0.1) is 11.3 Å². The van der Waals surface area contributed by atoms with Crippen LogP contribution >= 0.6 is 11.3 Å². The number of thiophene rings is 1. The van der Waals surface area contributed by atoms with Crippen molar-refractivity contribution in [2.75, 3.05) is 13.1 Å². The first-order valence-corrected chi connectivity index (χ1v) is 9.66. The zero-order chi connectivity index (χ0) is 16.9. The molecule has 124 valence electrons. The Morgan fingerprint density at radius 3 is 2.52 bits per heavy atom. The van der Waals surface area contributed by atoms with Gasteiger partial charge in [-0.2, -0.15) is 0 Å². The lowest BCUT2D eigenvalue weighted by molar-refractivity contribution is 0.0954. The first-order valence-electron chi connectivity index (χ1n) is 7.36. The van der Waals surface area contributed by atoms with E-state index >= 15 is 0 Å². The first kappa shape index (κ1) is 17.7. The Bertz CT molecular complexity index is 755. The summed E-state index contributed by atoms with van der Waals surface area (Å²) in [5, 5.41) is 6.00. The van der Waals surface area contributed by atoms with Crippen molar-refractivity contribution >= 4 is 27.1 Å². The molecule has 5 nitrogen and oxygen atoms in total. The molecule has 0 aliphatic carbocycles. The zero-order valence-corrected chi connectivity index (χ0v) is 14.7. The van der Waals surface area contributed by atoms with Gasteiger partial charge in [0.25, 0.3) is 5.91 Å². The lowest BCUT2D eigenvalue weighted by atomic mass is 10.3. The van der Waals surface area contributed by atoms with E-state index in [-0.39, 0.29) is 21.1 Å². The van der Waals surface area contributed by atoms with Crippen LogP contribution in [0.1, 0.15) is 23.5 Å². The highest BCUT2D eigenvalue weighted by molar-refractivity contribution is 7.93. The first-order chi connectivity index (χ1) is 10.9. The number of hydrogen-bond donors (Lipinski definition) is 2. The number of benzene rings is 1. The van der Waals surface area contributed by atoms with Gasteiger partial charge in [-0.1, -0.05) is 25.1 Å². The van der Waals surface area contributed by atoms with Crippen LogP contribution in [-0.4, -0.2) is 33.5 Å². The van der Waals surface area contributed by atoms with Crippen molar-refractivity contribution in [3.8, 4) is 0 Å². The second-order valence-electron chi connectivity index (χ2n) is 5.10. The van der Waals surface area contributed by atoms with Crippen molar-refractivity contribution in [1.29, 1.82) is 0 Å². The molecule has 0 saturated heterocycles. The molecule has 2 aromatic rings. The van der Waals surface area contributed by atoms with Crippen LogP contribution in [0.5, 0.6) is 0 Å². The molecule has 0 radical (unpaired) electrons. The van der Waals surface area contributed by atoms with E-state index in [4.69, 9.17) is 0 Å². The molecular formula is C16H20N2O3S2. The fourth-order valence-electron chi connectivity index (χ4n) is 2.06. The van der Waals surface area contributed by atoms with Gasteiger partial charge in [-0.3, -0.25) is 4.79 Å². The van der Waals surface area contributed by atoms with Gasteiger partial charge in [0, 0.05) is 12.6 Å². The smallest absolute Gasteiger partial charge is 0.261 e. The van der Waals surface area contributed by atoms with E-state index in [0.29, 0.717) is 11.4 Å². The summed E-state index contributed by atoms with van der Waals surface area (Å²) in [5.74, 6) is -0.255. The molecule has 1 amide bonds. The predicted molar refractivity (Wildman–Crippen MR) is 91.7 cm³/mol. The van der Waals surface area contributed by atoms with Crippen molar-refractivity contribution in [3.05, 3.63) is 47.3 Å². The molecule has 1 heterocycles. The summed E-state index contributed by atoms with van der Waals surface area (Å²) in [5.41, 5.74) is 0. The fourth-order valence-corrected chi connectivity index (χ4v) is 4.70. The number of hydrogen-bond acceptors (Lipinski definition) is 5. The number of amides is 1. The van der Waals surface area contributed by atoms with Crippen LogP contribution in [0.4, 0.5) is 0 Å². The predicted octanol–water partition coefficient (Wildman–Crippen LogP) is 2.31. The van der Waals surface area contributed by atoms with Crippen LogP contribution in [0, 0.1) is 0 Å². The summed E-state index contributed by atoms with van der Waals surface area (Å²) in [7, 11) is -3.57. The molecule has 0 saturated carbocycles. The molecule has 23 heavy (non-hydrogen) atoms.